The van der Waals surface area contributed by atoms with Crippen molar-refractivity contribution in [1.29, 1.82) is 0 Å². The number of fused-ring (bicyclic) bond motifs is 1. The summed E-state index contributed by atoms with van der Waals surface area (Å²) in [6.45, 7) is 0.330. The highest BCUT2D eigenvalue weighted by Gasteiger charge is 2.25. The second-order valence-corrected chi connectivity index (χ2v) is 5.25. The molecule has 0 radical (unpaired) electrons. The number of carbonyl (C=O) groups is 2. The number of ether oxygens (including phenoxy) is 1. The fraction of sp³-hybridized carbons (Fsp3) is 0.308. The van der Waals surface area contributed by atoms with Gasteiger partial charge in [0.1, 0.15) is 0 Å². The minimum atomic E-state index is -0.232. The Morgan fingerprint density at radius 1 is 1.40 bits per heavy atom. The van der Waals surface area contributed by atoms with Crippen LogP contribution in [-0.4, -0.2) is 28.5 Å². The molecule has 1 aromatic carbocycles. The van der Waals surface area contributed by atoms with E-state index in [1.54, 1.807) is 6.07 Å². The van der Waals surface area contributed by atoms with Gasteiger partial charge in [-0.1, -0.05) is 0 Å². The van der Waals surface area contributed by atoms with E-state index in [4.69, 9.17) is 17.0 Å². The third kappa shape index (κ3) is 2.72. The fourth-order valence-electron chi connectivity index (χ4n) is 2.28. The molecule has 1 amide bonds. The van der Waals surface area contributed by atoms with E-state index >= 15 is 0 Å². The van der Waals surface area contributed by atoms with Gasteiger partial charge in [-0.15, -0.1) is 0 Å². The molecule has 1 aliphatic heterocycles. The molecule has 1 saturated heterocycles. The van der Waals surface area contributed by atoms with E-state index in [0.29, 0.717) is 23.5 Å². The van der Waals surface area contributed by atoms with Gasteiger partial charge in [-0.05, 0) is 30.4 Å². The van der Waals surface area contributed by atoms with Crippen molar-refractivity contribution in [2.24, 2.45) is 5.92 Å². The van der Waals surface area contributed by atoms with Crippen LogP contribution >= 0.6 is 12.2 Å². The minimum Gasteiger partial charge on any atom is -0.465 e. The van der Waals surface area contributed by atoms with Gasteiger partial charge in [-0.25, -0.2) is 0 Å². The van der Waals surface area contributed by atoms with E-state index in [9.17, 15) is 9.59 Å². The van der Waals surface area contributed by atoms with Crippen LogP contribution < -0.4 is 5.32 Å². The van der Waals surface area contributed by atoms with Crippen LogP contribution in [0.15, 0.2) is 18.2 Å². The van der Waals surface area contributed by atoms with E-state index < -0.39 is 0 Å². The quantitative estimate of drug-likeness (QED) is 0.597. The molecule has 1 aromatic heterocycles. The maximum atomic E-state index is 11.9. The van der Waals surface area contributed by atoms with Crippen LogP contribution in [0.5, 0.6) is 0 Å². The van der Waals surface area contributed by atoms with Crippen LogP contribution in [-0.2, 0) is 14.3 Å². The molecule has 20 heavy (non-hydrogen) atoms. The van der Waals surface area contributed by atoms with Crippen LogP contribution in [0.2, 0.25) is 0 Å². The molecule has 3 rings (SSSR count). The van der Waals surface area contributed by atoms with Crippen LogP contribution in [0.25, 0.3) is 11.0 Å². The molecular weight excluding hydrogens is 278 g/mol. The monoisotopic (exact) mass is 291 g/mol. The van der Waals surface area contributed by atoms with Gasteiger partial charge in [0.25, 0.3) is 0 Å². The summed E-state index contributed by atoms with van der Waals surface area (Å²) in [4.78, 5) is 28.9. The first kappa shape index (κ1) is 12.9. The largest absolute Gasteiger partial charge is 0.465 e. The Bertz CT molecular complexity index is 734. The number of esters is 1. The molecule has 0 saturated carbocycles. The van der Waals surface area contributed by atoms with Gasteiger partial charge in [0.2, 0.25) is 5.91 Å². The van der Waals surface area contributed by atoms with Gasteiger partial charge < -0.3 is 20.0 Å². The summed E-state index contributed by atoms with van der Waals surface area (Å²) < 4.78 is 5.38. The van der Waals surface area contributed by atoms with Gasteiger partial charge in [-0.2, -0.15) is 0 Å². The van der Waals surface area contributed by atoms with Crippen molar-refractivity contribution >= 4 is 40.8 Å². The fourth-order valence-corrected chi connectivity index (χ4v) is 2.50. The van der Waals surface area contributed by atoms with E-state index in [0.717, 1.165) is 11.0 Å². The third-order valence-corrected chi connectivity index (χ3v) is 3.41. The summed E-state index contributed by atoms with van der Waals surface area (Å²) in [7, 11) is 0. The van der Waals surface area contributed by atoms with Gasteiger partial charge >= 0.3 is 5.97 Å². The number of hydrogen-bond acceptors (Lipinski definition) is 4. The lowest BCUT2D eigenvalue weighted by atomic mass is 10.0. The lowest BCUT2D eigenvalue weighted by molar-refractivity contribution is -0.138. The topological polar surface area (TPSA) is 87.0 Å². The second kappa shape index (κ2) is 5.09. The Morgan fingerprint density at radius 3 is 2.95 bits per heavy atom. The predicted octanol–water partition coefficient (Wildman–Crippen LogP) is 2.12. The number of benzene rings is 1. The molecule has 6 nitrogen and oxygen atoms in total. The Labute approximate surface area is 119 Å². The summed E-state index contributed by atoms with van der Waals surface area (Å²) in [5.74, 6) is -0.379. The number of carbonyl (C=O) groups excluding carboxylic acids is 2. The number of aromatic amines is 2. The molecule has 0 aliphatic carbocycles. The molecule has 0 spiro atoms. The lowest BCUT2D eigenvalue weighted by Crippen LogP contribution is -2.16. The average Bonchev–Trinajstić information content (AvgIpc) is 2.93. The Balaban J connectivity index is 1.67. The van der Waals surface area contributed by atoms with E-state index in [-0.39, 0.29) is 24.2 Å². The summed E-state index contributed by atoms with van der Waals surface area (Å²) >= 11 is 5.01. The predicted molar refractivity (Wildman–Crippen MR) is 75.8 cm³/mol. The zero-order valence-corrected chi connectivity index (χ0v) is 11.4. The van der Waals surface area contributed by atoms with E-state index in [1.807, 2.05) is 12.1 Å². The molecule has 3 N–H and O–H groups in total. The van der Waals surface area contributed by atoms with E-state index in [1.165, 1.54) is 0 Å². The van der Waals surface area contributed by atoms with Crippen molar-refractivity contribution < 1.29 is 14.3 Å². The Kier molecular flexibility index (Phi) is 3.27. The average molecular weight is 291 g/mol. The maximum Gasteiger partial charge on any atom is 0.306 e. The van der Waals surface area contributed by atoms with Crippen molar-refractivity contribution in [3.05, 3.63) is 23.0 Å². The summed E-state index contributed by atoms with van der Waals surface area (Å²) in [5, 5.41) is 2.81. The zero-order chi connectivity index (χ0) is 14.1. The third-order valence-electron chi connectivity index (χ3n) is 3.21. The summed E-state index contributed by atoms with van der Waals surface area (Å²) in [6, 6.07) is 5.46. The number of nitrogens with one attached hydrogen (secondary N) is 3. The highest BCUT2D eigenvalue weighted by molar-refractivity contribution is 7.71. The van der Waals surface area contributed by atoms with Gasteiger partial charge in [0, 0.05) is 18.0 Å². The molecule has 0 unspecified atom stereocenters. The lowest BCUT2D eigenvalue weighted by Gasteiger charge is -2.07. The number of H-pyrrole nitrogens is 2. The number of amides is 1. The zero-order valence-electron chi connectivity index (χ0n) is 10.6. The molecular formula is C13H13N3O3S. The molecule has 2 heterocycles. The highest BCUT2D eigenvalue weighted by Crippen LogP contribution is 2.20. The minimum absolute atomic E-state index is 0.0238. The first-order valence-electron chi connectivity index (χ1n) is 6.28. The smallest absolute Gasteiger partial charge is 0.306 e. The molecule has 104 valence electrons. The van der Waals surface area contributed by atoms with Crippen LogP contribution in [0.3, 0.4) is 0 Å². The van der Waals surface area contributed by atoms with Crippen molar-refractivity contribution in [2.45, 2.75) is 12.8 Å². The molecule has 1 aliphatic rings. The van der Waals surface area contributed by atoms with Crippen molar-refractivity contribution in [1.82, 2.24) is 9.97 Å². The summed E-state index contributed by atoms with van der Waals surface area (Å²) in [6.07, 6.45) is 0.601. The van der Waals surface area contributed by atoms with E-state index in [2.05, 4.69) is 15.3 Å². The highest BCUT2D eigenvalue weighted by atomic mass is 32.1. The number of cyclic esters (lactones) is 1. The number of aromatic nitrogens is 2. The normalized spacial score (nSPS) is 18.2. The Morgan fingerprint density at radius 2 is 2.20 bits per heavy atom. The first-order valence-corrected chi connectivity index (χ1v) is 6.68. The SMILES string of the molecule is O=C(C[C@@H]1COC(=O)C1)Nc1ccc2[nH]c(=S)[nH]c2c1. The van der Waals surface area contributed by atoms with Gasteiger partial charge in [0.05, 0.1) is 24.1 Å². The molecule has 1 fully saturated rings. The summed E-state index contributed by atoms with van der Waals surface area (Å²) in [5.41, 5.74) is 2.42. The van der Waals surface area contributed by atoms with Crippen molar-refractivity contribution in [3.63, 3.8) is 0 Å². The molecule has 1 atom stereocenters. The van der Waals surface area contributed by atoms with Crippen LogP contribution in [0, 0.1) is 10.7 Å². The number of hydrogen-bond donors (Lipinski definition) is 3. The Hall–Kier alpha value is -2.15. The van der Waals surface area contributed by atoms with Crippen LogP contribution in [0.4, 0.5) is 5.69 Å². The van der Waals surface area contributed by atoms with Gasteiger partial charge in [0.15, 0.2) is 4.77 Å². The number of imidazole rings is 1. The van der Waals surface area contributed by atoms with Crippen molar-refractivity contribution in [3.8, 4) is 0 Å². The molecule has 7 heteroatoms. The number of anilines is 1. The number of rotatable bonds is 3. The second-order valence-electron chi connectivity index (χ2n) is 4.84. The first-order chi connectivity index (χ1) is 9.60. The molecule has 2 aromatic rings. The standard InChI is InChI=1S/C13H13N3O3S/c17-11(3-7-4-12(18)19-6-7)14-8-1-2-9-10(5-8)16-13(20)15-9/h1-2,5,7H,3-4,6H2,(H,14,17)(H2,15,16,20)/t7-/m0/s1. The van der Waals surface area contributed by atoms with Crippen molar-refractivity contribution in [2.75, 3.05) is 11.9 Å². The van der Waals surface area contributed by atoms with Crippen LogP contribution in [0.1, 0.15) is 12.8 Å². The maximum absolute atomic E-state index is 11.9. The van der Waals surface area contributed by atoms with Gasteiger partial charge in [-0.3, -0.25) is 9.59 Å². The molecule has 0 bridgehead atoms.